The molecule has 2 aromatic rings. The quantitative estimate of drug-likeness (QED) is 0.247. The summed E-state index contributed by atoms with van der Waals surface area (Å²) >= 11 is 7.55. The van der Waals surface area contributed by atoms with Crippen molar-refractivity contribution >= 4 is 41.2 Å². The van der Waals surface area contributed by atoms with Gasteiger partial charge >= 0.3 is 11.9 Å². The van der Waals surface area contributed by atoms with Crippen LogP contribution in [0, 0.1) is 0 Å². The zero-order chi connectivity index (χ0) is 24.2. The number of carbonyl (C=O) groups is 3. The van der Waals surface area contributed by atoms with E-state index in [1.54, 1.807) is 11.8 Å². The molecule has 9 nitrogen and oxygen atoms in total. The van der Waals surface area contributed by atoms with Gasteiger partial charge in [0.2, 0.25) is 5.91 Å². The first-order chi connectivity index (χ1) is 15.8. The van der Waals surface area contributed by atoms with Crippen LogP contribution in [0.4, 0.5) is 0 Å². The molecule has 2 aromatic carbocycles. The zero-order valence-electron chi connectivity index (χ0n) is 17.9. The Hall–Kier alpha value is -2.95. The number of hydrogen-bond donors (Lipinski definition) is 4. The number of nitrogens with one attached hydrogen (secondary N) is 2. The molecule has 0 fully saturated rings. The molecule has 1 amide bonds. The number of halogens is 1. The fourth-order valence-electron chi connectivity index (χ4n) is 2.65. The molecular formula is C22H25ClN2O7S. The number of ether oxygens (including phenoxy) is 2. The monoisotopic (exact) mass is 496 g/mol. The third-order valence-corrected chi connectivity index (χ3v) is 5.59. The minimum Gasteiger partial charge on any atom is -0.486 e. The van der Waals surface area contributed by atoms with Crippen molar-refractivity contribution < 1.29 is 34.1 Å². The van der Waals surface area contributed by atoms with Crippen molar-refractivity contribution in [3.8, 4) is 11.5 Å². The predicted octanol–water partition coefficient (Wildman–Crippen LogP) is 2.83. The summed E-state index contributed by atoms with van der Waals surface area (Å²) in [6.45, 7) is 4.05. The van der Waals surface area contributed by atoms with E-state index in [0.717, 1.165) is 32.7 Å². The number of carbonyl (C=O) groups excluding carboxylic acids is 1. The number of amides is 1. The number of carboxylic acids is 2. The van der Waals surface area contributed by atoms with Crippen molar-refractivity contribution in [1.82, 2.24) is 10.6 Å². The molecule has 1 heterocycles. The number of thioether (sulfide) groups is 1. The number of hydrogen-bond acceptors (Lipinski definition) is 7. The summed E-state index contributed by atoms with van der Waals surface area (Å²) in [5, 5.41) is 21.7. The SMILES string of the molecule is CC(NCC(=O)NCCSc1ccc(Cl)cc1)c1ccc2c(c1)OCCO2.O=C(O)C(=O)O. The van der Waals surface area contributed by atoms with Gasteiger partial charge in [-0.2, -0.15) is 0 Å². The molecule has 4 N–H and O–H groups in total. The third-order valence-electron chi connectivity index (χ3n) is 4.32. The zero-order valence-corrected chi connectivity index (χ0v) is 19.4. The van der Waals surface area contributed by atoms with Gasteiger partial charge in [0.15, 0.2) is 11.5 Å². The van der Waals surface area contributed by atoms with Gasteiger partial charge in [0.05, 0.1) is 6.54 Å². The van der Waals surface area contributed by atoms with Crippen molar-refractivity contribution in [1.29, 1.82) is 0 Å². The normalized spacial score (nSPS) is 12.7. The Bertz CT molecular complexity index is 944. The molecule has 0 saturated carbocycles. The largest absolute Gasteiger partial charge is 0.486 e. The van der Waals surface area contributed by atoms with Gasteiger partial charge in [0.1, 0.15) is 13.2 Å². The summed E-state index contributed by atoms with van der Waals surface area (Å²) in [4.78, 5) is 31.4. The van der Waals surface area contributed by atoms with Crippen LogP contribution >= 0.6 is 23.4 Å². The van der Waals surface area contributed by atoms with Gasteiger partial charge < -0.3 is 30.3 Å². The molecule has 11 heteroatoms. The Morgan fingerprint density at radius 2 is 1.67 bits per heavy atom. The Morgan fingerprint density at radius 1 is 1.03 bits per heavy atom. The van der Waals surface area contributed by atoms with Crippen molar-refractivity contribution in [2.24, 2.45) is 0 Å². The topological polar surface area (TPSA) is 134 Å². The van der Waals surface area contributed by atoms with Gasteiger partial charge in [0.25, 0.3) is 0 Å². The molecule has 1 atom stereocenters. The van der Waals surface area contributed by atoms with Crippen LogP contribution in [0.2, 0.25) is 5.02 Å². The highest BCUT2D eigenvalue weighted by Crippen LogP contribution is 2.32. The molecule has 0 aromatic heterocycles. The Balaban J connectivity index is 0.000000569. The fourth-order valence-corrected chi connectivity index (χ4v) is 3.54. The number of rotatable bonds is 8. The van der Waals surface area contributed by atoms with Gasteiger partial charge in [-0.3, -0.25) is 4.79 Å². The first-order valence-electron chi connectivity index (χ1n) is 10.0. The van der Waals surface area contributed by atoms with Crippen LogP contribution in [0.25, 0.3) is 0 Å². The van der Waals surface area contributed by atoms with Crippen molar-refractivity contribution in [2.45, 2.75) is 17.9 Å². The van der Waals surface area contributed by atoms with Crippen LogP contribution < -0.4 is 20.1 Å². The lowest BCUT2D eigenvalue weighted by molar-refractivity contribution is -0.159. The van der Waals surface area contributed by atoms with Gasteiger partial charge in [-0.15, -0.1) is 11.8 Å². The maximum Gasteiger partial charge on any atom is 0.414 e. The number of fused-ring (bicyclic) bond motifs is 1. The molecule has 0 bridgehead atoms. The predicted molar refractivity (Wildman–Crippen MR) is 124 cm³/mol. The van der Waals surface area contributed by atoms with Crippen LogP contribution in [0.5, 0.6) is 11.5 Å². The number of benzene rings is 2. The molecule has 0 saturated heterocycles. The second-order valence-corrected chi connectivity index (χ2v) is 8.37. The Morgan fingerprint density at radius 3 is 2.30 bits per heavy atom. The van der Waals surface area contributed by atoms with E-state index in [4.69, 9.17) is 40.9 Å². The van der Waals surface area contributed by atoms with Gasteiger partial charge in [-0.05, 0) is 48.9 Å². The van der Waals surface area contributed by atoms with Crippen LogP contribution in [-0.2, 0) is 14.4 Å². The number of aliphatic carboxylic acids is 2. The molecule has 33 heavy (non-hydrogen) atoms. The first kappa shape index (κ1) is 26.3. The summed E-state index contributed by atoms with van der Waals surface area (Å²) in [6.07, 6.45) is 0. The Labute approximate surface area is 200 Å². The molecule has 1 unspecified atom stereocenters. The highest BCUT2D eigenvalue weighted by atomic mass is 35.5. The van der Waals surface area contributed by atoms with E-state index in [1.807, 2.05) is 49.4 Å². The van der Waals surface area contributed by atoms with E-state index in [-0.39, 0.29) is 18.5 Å². The maximum absolute atomic E-state index is 12.0. The van der Waals surface area contributed by atoms with Crippen molar-refractivity contribution in [3.63, 3.8) is 0 Å². The molecule has 0 spiro atoms. The lowest BCUT2D eigenvalue weighted by Crippen LogP contribution is -2.36. The highest BCUT2D eigenvalue weighted by molar-refractivity contribution is 7.99. The lowest BCUT2D eigenvalue weighted by atomic mass is 10.1. The van der Waals surface area contributed by atoms with Crippen molar-refractivity contribution in [3.05, 3.63) is 53.1 Å². The van der Waals surface area contributed by atoms with E-state index in [2.05, 4.69) is 10.6 Å². The molecule has 3 rings (SSSR count). The number of carboxylic acid groups (broad SMARTS) is 2. The summed E-state index contributed by atoms with van der Waals surface area (Å²) in [7, 11) is 0. The van der Waals surface area contributed by atoms with Gasteiger partial charge in [0, 0.05) is 28.3 Å². The van der Waals surface area contributed by atoms with Crippen LogP contribution in [-0.4, -0.2) is 60.1 Å². The van der Waals surface area contributed by atoms with E-state index in [9.17, 15) is 4.79 Å². The molecule has 178 valence electrons. The van der Waals surface area contributed by atoms with E-state index in [0.29, 0.717) is 19.8 Å². The molecule has 1 aliphatic rings. The van der Waals surface area contributed by atoms with Gasteiger partial charge in [-0.1, -0.05) is 17.7 Å². The molecule has 0 aliphatic carbocycles. The van der Waals surface area contributed by atoms with Crippen molar-refractivity contribution in [2.75, 3.05) is 32.1 Å². The second kappa shape index (κ2) is 13.6. The van der Waals surface area contributed by atoms with E-state index >= 15 is 0 Å². The van der Waals surface area contributed by atoms with Gasteiger partial charge in [-0.25, -0.2) is 9.59 Å². The van der Waals surface area contributed by atoms with E-state index < -0.39 is 11.9 Å². The second-order valence-electron chi connectivity index (χ2n) is 6.77. The molecule has 0 radical (unpaired) electrons. The minimum absolute atomic E-state index is 0.0175. The standard InChI is InChI=1S/C20H23ClN2O3S.C2H2O4/c1-14(15-2-7-18-19(12-15)26-10-9-25-18)23-13-20(24)22-8-11-27-17-5-3-16(21)4-6-17;3-1(4)2(5)6/h2-7,12,14,23H,8-11,13H2,1H3,(H,22,24);(H,3,4)(H,5,6). The van der Waals surface area contributed by atoms with Crippen LogP contribution in [0.15, 0.2) is 47.4 Å². The average molecular weight is 497 g/mol. The fraction of sp³-hybridized carbons (Fsp3) is 0.318. The highest BCUT2D eigenvalue weighted by Gasteiger charge is 2.15. The average Bonchev–Trinajstić information content (AvgIpc) is 2.81. The van der Waals surface area contributed by atoms with Crippen LogP contribution in [0.1, 0.15) is 18.5 Å². The lowest BCUT2D eigenvalue weighted by Gasteiger charge is -2.21. The maximum atomic E-state index is 12.0. The molecule has 1 aliphatic heterocycles. The Kier molecular flexibility index (Phi) is 10.8. The summed E-state index contributed by atoms with van der Waals surface area (Å²) in [5.41, 5.74) is 1.06. The summed E-state index contributed by atoms with van der Waals surface area (Å²) in [5.74, 6) is -1.32. The summed E-state index contributed by atoms with van der Waals surface area (Å²) in [6, 6.07) is 13.6. The van der Waals surface area contributed by atoms with E-state index in [1.165, 1.54) is 0 Å². The first-order valence-corrected chi connectivity index (χ1v) is 11.4. The minimum atomic E-state index is -1.82. The third kappa shape index (κ3) is 9.60. The van der Waals surface area contributed by atoms with Crippen LogP contribution in [0.3, 0.4) is 0 Å². The molecular weight excluding hydrogens is 472 g/mol. The summed E-state index contributed by atoms with van der Waals surface area (Å²) < 4.78 is 11.1. The smallest absolute Gasteiger partial charge is 0.414 e.